The Balaban J connectivity index is 1.97. The molecule has 0 saturated carbocycles. The van der Waals surface area contributed by atoms with E-state index in [1.807, 2.05) is 10.6 Å². The van der Waals surface area contributed by atoms with E-state index in [1.165, 1.54) is 0 Å². The average Bonchev–Trinajstić information content (AvgIpc) is 3.19. The first-order valence-electron chi connectivity index (χ1n) is 10.5. The summed E-state index contributed by atoms with van der Waals surface area (Å²) in [5.74, 6) is 0.720. The van der Waals surface area contributed by atoms with Gasteiger partial charge in [0.25, 0.3) is 0 Å². The molecule has 0 aromatic carbocycles. The summed E-state index contributed by atoms with van der Waals surface area (Å²) < 4.78 is 8.90. The molecule has 9 heteroatoms. The van der Waals surface area contributed by atoms with Gasteiger partial charge in [0, 0.05) is 31.4 Å². The molecule has 3 rings (SSSR count). The summed E-state index contributed by atoms with van der Waals surface area (Å²) in [6.45, 7) is 14.3. The highest BCUT2D eigenvalue weighted by molar-refractivity contribution is 9.10. The van der Waals surface area contributed by atoms with Gasteiger partial charge in [-0.1, -0.05) is 40.4 Å². The monoisotopic (exact) mass is 496 g/mol. The van der Waals surface area contributed by atoms with Gasteiger partial charge >= 0.3 is 6.09 Å². The van der Waals surface area contributed by atoms with Crippen molar-refractivity contribution in [2.24, 2.45) is 5.41 Å². The maximum Gasteiger partial charge on any atom is 0.408 e. The van der Waals surface area contributed by atoms with Gasteiger partial charge in [0.1, 0.15) is 12.6 Å². The molecule has 1 fully saturated rings. The SMILES string of the molecule is CC(C)(C)C1CCC(c2nc3ncc(Br)cc3n2COCC[Si](C)(C)C)N1C(=O)O. The van der Waals surface area contributed by atoms with Crippen molar-refractivity contribution in [2.75, 3.05) is 6.61 Å². The normalized spacial score (nSPS) is 20.3. The summed E-state index contributed by atoms with van der Waals surface area (Å²) in [6.07, 6.45) is 2.38. The Labute approximate surface area is 188 Å². The third-order valence-corrected chi connectivity index (χ3v) is 7.86. The highest BCUT2D eigenvalue weighted by Crippen LogP contribution is 2.43. The molecule has 2 unspecified atom stereocenters. The molecule has 30 heavy (non-hydrogen) atoms. The van der Waals surface area contributed by atoms with Crippen LogP contribution in [-0.4, -0.2) is 51.4 Å². The van der Waals surface area contributed by atoms with E-state index in [0.717, 1.165) is 34.7 Å². The highest BCUT2D eigenvalue weighted by Gasteiger charge is 2.45. The minimum absolute atomic E-state index is 0.0548. The summed E-state index contributed by atoms with van der Waals surface area (Å²) in [5.41, 5.74) is 1.34. The van der Waals surface area contributed by atoms with Gasteiger partial charge in [0.2, 0.25) is 0 Å². The number of hydrogen-bond acceptors (Lipinski definition) is 4. The molecule has 2 atom stereocenters. The van der Waals surface area contributed by atoms with Crippen LogP contribution in [0.25, 0.3) is 11.2 Å². The van der Waals surface area contributed by atoms with Crippen molar-refractivity contribution in [3.63, 3.8) is 0 Å². The fourth-order valence-corrected chi connectivity index (χ4v) is 5.18. The zero-order chi connectivity index (χ0) is 22.3. The standard InChI is InChI=1S/C21H33BrN4O3Si/c1-21(2,3)17-8-7-15(26(17)20(27)28)19-24-18-16(11-14(22)12-23-18)25(19)13-29-9-10-30(4,5)6/h11-12,15,17H,7-10,13H2,1-6H3,(H,27,28). The molecule has 2 aromatic heterocycles. The third kappa shape index (κ3) is 5.05. The largest absolute Gasteiger partial charge is 0.465 e. The molecule has 0 aliphatic carbocycles. The van der Waals surface area contributed by atoms with Crippen molar-refractivity contribution in [1.82, 2.24) is 19.4 Å². The highest BCUT2D eigenvalue weighted by atomic mass is 79.9. The number of halogens is 1. The second kappa shape index (κ2) is 8.59. The molecular weight excluding hydrogens is 464 g/mol. The fourth-order valence-electron chi connectivity index (χ4n) is 4.10. The fraction of sp³-hybridized carbons (Fsp3) is 0.667. The first-order valence-corrected chi connectivity index (χ1v) is 15.0. The molecule has 0 spiro atoms. The smallest absolute Gasteiger partial charge is 0.408 e. The van der Waals surface area contributed by atoms with Gasteiger partial charge in [-0.15, -0.1) is 0 Å². The second-order valence-corrected chi connectivity index (χ2v) is 16.9. The minimum atomic E-state index is -1.19. The minimum Gasteiger partial charge on any atom is -0.465 e. The van der Waals surface area contributed by atoms with Crippen LogP contribution >= 0.6 is 15.9 Å². The Morgan fingerprint density at radius 2 is 2.03 bits per heavy atom. The molecule has 1 aliphatic heterocycles. The molecule has 0 bridgehead atoms. The van der Waals surface area contributed by atoms with Gasteiger partial charge in [-0.05, 0) is 46.3 Å². The van der Waals surface area contributed by atoms with Crippen LogP contribution in [0.2, 0.25) is 25.7 Å². The predicted molar refractivity (Wildman–Crippen MR) is 124 cm³/mol. The van der Waals surface area contributed by atoms with Gasteiger partial charge in [0.15, 0.2) is 5.65 Å². The third-order valence-electron chi connectivity index (χ3n) is 5.72. The number of nitrogens with zero attached hydrogens (tertiary/aromatic N) is 4. The van der Waals surface area contributed by atoms with Crippen LogP contribution in [0.3, 0.4) is 0 Å². The number of fused-ring (bicyclic) bond motifs is 1. The van der Waals surface area contributed by atoms with Crippen molar-refractivity contribution in [3.8, 4) is 0 Å². The molecule has 1 amide bonds. The summed E-state index contributed by atoms with van der Waals surface area (Å²) >= 11 is 3.49. The van der Waals surface area contributed by atoms with E-state index in [2.05, 4.69) is 61.3 Å². The van der Waals surface area contributed by atoms with E-state index in [9.17, 15) is 9.90 Å². The van der Waals surface area contributed by atoms with Gasteiger partial charge in [0.05, 0.1) is 11.6 Å². The van der Waals surface area contributed by atoms with E-state index in [0.29, 0.717) is 19.0 Å². The molecule has 166 valence electrons. The van der Waals surface area contributed by atoms with Gasteiger partial charge in [-0.25, -0.2) is 14.8 Å². The maximum atomic E-state index is 12.2. The summed E-state index contributed by atoms with van der Waals surface area (Å²) in [5, 5.41) is 10.0. The Hall–Kier alpha value is -1.45. The van der Waals surface area contributed by atoms with Crippen LogP contribution in [-0.2, 0) is 11.5 Å². The number of imidazole rings is 1. The molecule has 3 heterocycles. The van der Waals surface area contributed by atoms with Crippen LogP contribution in [0.4, 0.5) is 4.79 Å². The lowest BCUT2D eigenvalue weighted by Gasteiger charge is -2.35. The Morgan fingerprint density at radius 1 is 1.33 bits per heavy atom. The quantitative estimate of drug-likeness (QED) is 0.407. The van der Waals surface area contributed by atoms with Crippen LogP contribution in [0, 0.1) is 5.41 Å². The first kappa shape index (κ1) is 23.2. The number of likely N-dealkylation sites (tertiary alicyclic amines) is 1. The van der Waals surface area contributed by atoms with Crippen molar-refractivity contribution < 1.29 is 14.6 Å². The number of amides is 1. The van der Waals surface area contributed by atoms with E-state index in [-0.39, 0.29) is 17.5 Å². The van der Waals surface area contributed by atoms with Crippen LogP contribution in [0.15, 0.2) is 16.7 Å². The van der Waals surface area contributed by atoms with E-state index < -0.39 is 14.2 Å². The molecule has 1 saturated heterocycles. The average molecular weight is 498 g/mol. The van der Waals surface area contributed by atoms with Crippen molar-refractivity contribution in [3.05, 3.63) is 22.6 Å². The van der Waals surface area contributed by atoms with E-state index in [1.54, 1.807) is 11.1 Å². The van der Waals surface area contributed by atoms with Gasteiger partial charge < -0.3 is 14.4 Å². The van der Waals surface area contributed by atoms with Crippen LogP contribution in [0.5, 0.6) is 0 Å². The molecule has 1 aliphatic rings. The van der Waals surface area contributed by atoms with Crippen LogP contribution < -0.4 is 0 Å². The summed E-state index contributed by atoms with van der Waals surface area (Å²) in [7, 11) is -1.19. The number of aromatic nitrogens is 3. The number of hydrogen-bond donors (Lipinski definition) is 1. The Morgan fingerprint density at radius 3 is 2.63 bits per heavy atom. The number of ether oxygens (including phenoxy) is 1. The van der Waals surface area contributed by atoms with Gasteiger partial charge in [-0.2, -0.15) is 0 Å². The molecule has 2 aromatic rings. The van der Waals surface area contributed by atoms with Crippen molar-refractivity contribution in [1.29, 1.82) is 0 Å². The topological polar surface area (TPSA) is 80.5 Å². The zero-order valence-corrected chi connectivity index (χ0v) is 21.4. The number of rotatable bonds is 6. The second-order valence-electron chi connectivity index (χ2n) is 10.4. The lowest BCUT2D eigenvalue weighted by Crippen LogP contribution is -2.44. The Kier molecular flexibility index (Phi) is 6.65. The van der Waals surface area contributed by atoms with Crippen LogP contribution in [0.1, 0.15) is 45.5 Å². The number of carbonyl (C=O) groups is 1. The lowest BCUT2D eigenvalue weighted by atomic mass is 9.85. The molecular formula is C21H33BrN4O3Si. The van der Waals surface area contributed by atoms with E-state index >= 15 is 0 Å². The van der Waals surface area contributed by atoms with E-state index in [4.69, 9.17) is 9.72 Å². The van der Waals surface area contributed by atoms with Gasteiger partial charge in [-0.3, -0.25) is 4.90 Å². The number of pyridine rings is 1. The molecule has 0 radical (unpaired) electrons. The Bertz CT molecular complexity index is 919. The van der Waals surface area contributed by atoms with Crippen molar-refractivity contribution >= 4 is 41.3 Å². The number of carboxylic acid groups (broad SMARTS) is 1. The maximum absolute atomic E-state index is 12.2. The zero-order valence-electron chi connectivity index (χ0n) is 18.8. The summed E-state index contributed by atoms with van der Waals surface area (Å²) in [4.78, 5) is 23.0. The lowest BCUT2D eigenvalue weighted by molar-refractivity contribution is 0.0707. The predicted octanol–water partition coefficient (Wildman–Crippen LogP) is 5.74. The van der Waals surface area contributed by atoms with Crippen molar-refractivity contribution in [2.45, 2.75) is 78.1 Å². The first-order chi connectivity index (χ1) is 13.9. The summed E-state index contributed by atoms with van der Waals surface area (Å²) in [6, 6.07) is 2.69. The molecule has 7 nitrogen and oxygen atoms in total. The molecule has 1 N–H and O–H groups in total.